The van der Waals surface area contributed by atoms with E-state index in [-0.39, 0.29) is 36.0 Å². The number of carbonyl (C=O) groups is 1. The van der Waals surface area contributed by atoms with Crippen molar-refractivity contribution in [1.82, 2.24) is 0 Å². The van der Waals surface area contributed by atoms with Crippen LogP contribution in [-0.4, -0.2) is 12.6 Å². The number of hydrogen-bond donors (Lipinski definition) is 0. The molecule has 0 aliphatic heterocycles. The van der Waals surface area contributed by atoms with E-state index in [1.807, 2.05) is 0 Å². The summed E-state index contributed by atoms with van der Waals surface area (Å²) in [5.74, 6) is 0. The van der Waals surface area contributed by atoms with Gasteiger partial charge in [0.1, 0.15) is 0 Å². The van der Waals surface area contributed by atoms with Crippen molar-refractivity contribution in [3.05, 3.63) is 9.93 Å². The molecule has 0 saturated carbocycles. The Bertz CT molecular complexity index is 49.2. The predicted molar refractivity (Wildman–Crippen MR) is 23.1 cm³/mol. The maximum Gasteiger partial charge on any atom is 1.00 e. The van der Waals surface area contributed by atoms with E-state index in [2.05, 4.69) is 0 Å². The molecule has 0 radical (unpaired) electrons. The number of carbonyl (C=O) groups excluding carboxylic acids is 2. The molecule has 0 fully saturated rings. The summed E-state index contributed by atoms with van der Waals surface area (Å²) in [5, 5.41) is 0. The minimum absolute atomic E-state index is 0. The molecule has 0 unspecified atom stereocenters. The summed E-state index contributed by atoms with van der Waals surface area (Å²) >= 11 is 0. The first-order valence-electron chi connectivity index (χ1n) is 1.37. The summed E-state index contributed by atoms with van der Waals surface area (Å²) in [6, 6.07) is 0. The third kappa shape index (κ3) is 38.5. The fourth-order valence-electron chi connectivity index (χ4n) is 0.0340. The van der Waals surface area contributed by atoms with Crippen LogP contribution in [0, 0.1) is 9.93 Å². The van der Waals surface area contributed by atoms with E-state index < -0.39 is 0 Å². The Morgan fingerprint density at radius 3 is 1.75 bits per heavy atom. The summed E-state index contributed by atoms with van der Waals surface area (Å²) in [6.07, 6.45) is 1.81. The van der Waals surface area contributed by atoms with Gasteiger partial charge < -0.3 is 9.59 Å². The maximum absolute atomic E-state index is 9.14. The number of aldehydes is 1. The molecule has 0 aliphatic rings. The van der Waals surface area contributed by atoms with E-state index in [1.165, 1.54) is 6.29 Å². The molecule has 8 heavy (non-hydrogen) atoms. The van der Waals surface area contributed by atoms with Crippen LogP contribution in [0.1, 0.15) is 6.42 Å². The Morgan fingerprint density at radius 1 is 1.38 bits per heavy atom. The molecule has 0 aromatic rings. The van der Waals surface area contributed by atoms with E-state index in [9.17, 15) is 0 Å². The van der Waals surface area contributed by atoms with Crippen molar-refractivity contribution in [2.24, 2.45) is 0 Å². The second kappa shape index (κ2) is 28.3. The normalized spacial score (nSPS) is 4.50. The Labute approximate surface area is 68.1 Å². The molecule has 0 spiro atoms. The summed E-state index contributed by atoms with van der Waals surface area (Å²) in [4.78, 5) is 32.2. The zero-order valence-electron chi connectivity index (χ0n) is 4.42. The van der Waals surface area contributed by atoms with Crippen LogP contribution in [0.15, 0.2) is 0 Å². The Morgan fingerprint density at radius 2 is 1.75 bits per heavy atom. The molecule has 0 amide bonds. The molecule has 0 atom stereocenters. The monoisotopic (exact) mass is 126 g/mol. The molecule has 40 valence electrons. The first-order chi connectivity index (χ1) is 3.41. The van der Waals surface area contributed by atoms with Crippen LogP contribution in [0.25, 0.3) is 0 Å². The fourth-order valence-corrected chi connectivity index (χ4v) is 0.0340. The molecular formula is C3H3NaO4. The second-order valence-electron chi connectivity index (χ2n) is 0.515. The molecule has 0 saturated heterocycles. The number of rotatable bonds is 2. The molecule has 0 aromatic carbocycles. The Balaban J connectivity index is -0.0000000750. The van der Waals surface area contributed by atoms with Crippen LogP contribution in [-0.2, 0) is 9.59 Å². The quantitative estimate of drug-likeness (QED) is 0.169. The van der Waals surface area contributed by atoms with Gasteiger partial charge in [-0.15, -0.1) is 0 Å². The van der Waals surface area contributed by atoms with Crippen molar-refractivity contribution in [2.45, 2.75) is 6.42 Å². The van der Waals surface area contributed by atoms with Crippen molar-refractivity contribution >= 4 is 12.6 Å². The van der Waals surface area contributed by atoms with Gasteiger partial charge in [-0.3, -0.25) is 6.29 Å². The van der Waals surface area contributed by atoms with Gasteiger partial charge in [-0.25, -0.2) is 0 Å². The predicted octanol–water partition coefficient (Wildman–Crippen LogP) is -3.24. The van der Waals surface area contributed by atoms with Crippen LogP contribution < -0.4 is 29.6 Å². The minimum atomic E-state index is -0.0972. The maximum atomic E-state index is 9.14. The van der Waals surface area contributed by atoms with Gasteiger partial charge in [-0.05, 0) is 0 Å². The molecule has 0 rings (SSSR count). The molecule has 0 bridgehead atoms. The van der Waals surface area contributed by atoms with Crippen molar-refractivity contribution in [3.8, 4) is 0 Å². The Hall–Kier alpha value is -0.0600. The van der Waals surface area contributed by atoms with E-state index >= 15 is 0 Å². The first-order valence-corrected chi connectivity index (χ1v) is 1.37. The van der Waals surface area contributed by atoms with Crippen molar-refractivity contribution in [2.75, 3.05) is 0 Å². The molecule has 4 nitrogen and oxygen atoms in total. The molecule has 0 heterocycles. The van der Waals surface area contributed by atoms with E-state index in [0.717, 1.165) is 0 Å². The minimum Gasteiger partial charge on any atom is -0.541 e. The molecule has 5 heteroatoms. The van der Waals surface area contributed by atoms with E-state index in [1.54, 1.807) is 0 Å². The zero-order chi connectivity index (χ0) is 6.12. The zero-order valence-corrected chi connectivity index (χ0v) is 6.42. The van der Waals surface area contributed by atoms with Crippen LogP contribution in [0.2, 0.25) is 0 Å². The van der Waals surface area contributed by atoms with Crippen molar-refractivity contribution < 1.29 is 39.1 Å². The average molecular weight is 126 g/mol. The number of hydrogen-bond acceptors (Lipinski definition) is 4. The fraction of sp³-hybridized carbons (Fsp3) is 0.333. The van der Waals surface area contributed by atoms with Gasteiger partial charge in [0.05, 0.1) is 6.29 Å². The van der Waals surface area contributed by atoms with E-state index in [0.29, 0.717) is 6.29 Å². The summed E-state index contributed by atoms with van der Waals surface area (Å²) < 4.78 is 0. The standard InChI is InChI=1S/C3H3O2.Na.O2/c4-2-1-3-5;;1-2/h2H,1H2;;/q-1;+1;. The summed E-state index contributed by atoms with van der Waals surface area (Å²) in [5.41, 5.74) is 0. The average Bonchev–Trinajstić information content (AvgIpc) is 1.75. The smallest absolute Gasteiger partial charge is 0.541 e. The van der Waals surface area contributed by atoms with Gasteiger partial charge in [0, 0.05) is 9.93 Å². The van der Waals surface area contributed by atoms with Gasteiger partial charge in [0.2, 0.25) is 0 Å². The SMILES string of the molecule is O=O.O=[C-]CC=O.[Na+]. The summed E-state index contributed by atoms with van der Waals surface area (Å²) in [7, 11) is 0. The van der Waals surface area contributed by atoms with Crippen molar-refractivity contribution in [1.29, 1.82) is 0 Å². The van der Waals surface area contributed by atoms with Gasteiger partial charge in [0.25, 0.3) is 0 Å². The summed E-state index contributed by atoms with van der Waals surface area (Å²) in [6.45, 7) is 0. The van der Waals surface area contributed by atoms with Gasteiger partial charge in [-0.2, -0.15) is 0 Å². The largest absolute Gasteiger partial charge is 1.00 e. The topological polar surface area (TPSA) is 68.3 Å². The van der Waals surface area contributed by atoms with Crippen LogP contribution in [0.3, 0.4) is 0 Å². The third-order valence-electron chi connectivity index (χ3n) is 0.167. The third-order valence-corrected chi connectivity index (χ3v) is 0.167. The molecule has 0 aromatic heterocycles. The van der Waals surface area contributed by atoms with Crippen molar-refractivity contribution in [3.63, 3.8) is 0 Å². The molecule has 0 aliphatic carbocycles. The van der Waals surface area contributed by atoms with Gasteiger partial charge >= 0.3 is 29.6 Å². The van der Waals surface area contributed by atoms with Gasteiger partial charge in [0.15, 0.2) is 0 Å². The second-order valence-corrected chi connectivity index (χ2v) is 0.515. The first kappa shape index (κ1) is 15.7. The van der Waals surface area contributed by atoms with Gasteiger partial charge in [-0.1, -0.05) is 6.42 Å². The Kier molecular flexibility index (Phi) is 55.5. The van der Waals surface area contributed by atoms with Crippen LogP contribution in [0.4, 0.5) is 0 Å². The van der Waals surface area contributed by atoms with Crippen LogP contribution in [0.5, 0.6) is 0 Å². The van der Waals surface area contributed by atoms with E-state index in [4.69, 9.17) is 19.5 Å². The van der Waals surface area contributed by atoms with Crippen LogP contribution >= 0.6 is 0 Å². The molecule has 0 N–H and O–H groups in total. The molecular weight excluding hydrogens is 123 g/mol.